The first-order valence-corrected chi connectivity index (χ1v) is 8.06. The van der Waals surface area contributed by atoms with E-state index in [0.29, 0.717) is 19.1 Å². The molecule has 0 N–H and O–H groups in total. The summed E-state index contributed by atoms with van der Waals surface area (Å²) >= 11 is 1.73. The molecule has 1 saturated heterocycles. The van der Waals surface area contributed by atoms with Gasteiger partial charge in [0, 0.05) is 50.1 Å². The molecule has 0 aliphatic carbocycles. The fourth-order valence-electron chi connectivity index (χ4n) is 3.04. The Hall–Kier alpha value is -1.43. The zero-order valence-corrected chi connectivity index (χ0v) is 12.4. The normalized spacial score (nSPS) is 25.8. The van der Waals surface area contributed by atoms with Crippen LogP contribution in [0, 0.1) is 11.8 Å². The number of nitrogens with zero attached hydrogens (tertiary/aromatic N) is 3. The van der Waals surface area contributed by atoms with Gasteiger partial charge in [-0.2, -0.15) is 5.10 Å². The summed E-state index contributed by atoms with van der Waals surface area (Å²) < 4.78 is 11.4. The number of rotatable bonds is 2. The maximum atomic E-state index is 5.76. The number of thiophene rings is 1. The number of hydrazone groups is 1. The lowest BCUT2D eigenvalue weighted by Crippen LogP contribution is -2.51. The van der Waals surface area contributed by atoms with Crippen molar-refractivity contribution in [1.82, 2.24) is 5.01 Å². The van der Waals surface area contributed by atoms with Crippen molar-refractivity contribution < 1.29 is 9.47 Å². The summed E-state index contributed by atoms with van der Waals surface area (Å²) in [5.41, 5.74) is 0. The Balaban J connectivity index is 1.41. The van der Waals surface area contributed by atoms with E-state index in [1.54, 1.807) is 11.3 Å². The van der Waals surface area contributed by atoms with Gasteiger partial charge in [0.25, 0.3) is 0 Å². The summed E-state index contributed by atoms with van der Waals surface area (Å²) in [7, 11) is 2.04. The van der Waals surface area contributed by atoms with Gasteiger partial charge in [0.2, 0.25) is 0 Å². The average molecular weight is 293 g/mol. The van der Waals surface area contributed by atoms with Crippen LogP contribution in [0.5, 0.6) is 11.5 Å². The van der Waals surface area contributed by atoms with Crippen LogP contribution < -0.4 is 14.4 Å². The monoisotopic (exact) mass is 293 g/mol. The van der Waals surface area contributed by atoms with Gasteiger partial charge < -0.3 is 19.4 Å². The molecule has 1 aromatic rings. The fraction of sp³-hybridized carbons (Fsp3) is 0.643. The van der Waals surface area contributed by atoms with Crippen molar-refractivity contribution in [2.24, 2.45) is 16.9 Å². The van der Waals surface area contributed by atoms with Gasteiger partial charge in [-0.15, -0.1) is 11.3 Å². The number of fused-ring (bicyclic) bond motifs is 1. The van der Waals surface area contributed by atoms with Crippen molar-refractivity contribution in [3.63, 3.8) is 0 Å². The topological polar surface area (TPSA) is 37.3 Å². The number of anilines is 1. The van der Waals surface area contributed by atoms with Crippen LogP contribution in [0.2, 0.25) is 0 Å². The van der Waals surface area contributed by atoms with Gasteiger partial charge in [-0.05, 0) is 6.42 Å². The Morgan fingerprint density at radius 1 is 1.30 bits per heavy atom. The minimum atomic E-state index is 0.635. The lowest BCUT2D eigenvalue weighted by atomic mass is 9.84. The van der Waals surface area contributed by atoms with Crippen molar-refractivity contribution >= 4 is 22.6 Å². The number of ether oxygens (including phenoxy) is 2. The van der Waals surface area contributed by atoms with E-state index < -0.39 is 0 Å². The molecule has 108 valence electrons. The summed E-state index contributed by atoms with van der Waals surface area (Å²) in [6, 6.07) is 0. The van der Waals surface area contributed by atoms with Crippen LogP contribution in [0.1, 0.15) is 6.42 Å². The standard InChI is InChI=1S/C14H19N3O2S/c1-16-3-2-10(6-15-16)11-7-17(8-11)14-13-12(9-20-14)18-4-5-19-13/h6,9-11H,2-5,7-8H2,1H3. The summed E-state index contributed by atoms with van der Waals surface area (Å²) in [4.78, 5) is 2.41. The third kappa shape index (κ3) is 2.02. The number of hydrogen-bond acceptors (Lipinski definition) is 6. The summed E-state index contributed by atoms with van der Waals surface area (Å²) in [6.45, 7) is 4.62. The van der Waals surface area contributed by atoms with Gasteiger partial charge in [-0.25, -0.2) is 0 Å². The molecule has 4 rings (SSSR count). The van der Waals surface area contributed by atoms with Crippen molar-refractivity contribution in [3.05, 3.63) is 5.38 Å². The van der Waals surface area contributed by atoms with Gasteiger partial charge in [0.1, 0.15) is 18.2 Å². The van der Waals surface area contributed by atoms with Crippen LogP contribution in [0.4, 0.5) is 5.00 Å². The van der Waals surface area contributed by atoms with E-state index in [9.17, 15) is 0 Å². The molecular weight excluding hydrogens is 274 g/mol. The van der Waals surface area contributed by atoms with Crippen LogP contribution in [0.3, 0.4) is 0 Å². The molecular formula is C14H19N3O2S. The van der Waals surface area contributed by atoms with Crippen LogP contribution in [-0.4, -0.2) is 51.1 Å². The van der Waals surface area contributed by atoms with Gasteiger partial charge in [-0.3, -0.25) is 0 Å². The average Bonchev–Trinajstić information content (AvgIpc) is 2.84. The Kier molecular flexibility index (Phi) is 2.98. The van der Waals surface area contributed by atoms with Crippen molar-refractivity contribution in [3.8, 4) is 11.5 Å². The first kappa shape index (κ1) is 12.3. The van der Waals surface area contributed by atoms with Crippen LogP contribution in [0.15, 0.2) is 10.5 Å². The zero-order valence-electron chi connectivity index (χ0n) is 11.6. The molecule has 1 atom stereocenters. The molecule has 4 heterocycles. The van der Waals surface area contributed by atoms with E-state index in [1.165, 1.54) is 11.4 Å². The molecule has 3 aliphatic rings. The lowest BCUT2D eigenvalue weighted by molar-refractivity contribution is 0.172. The van der Waals surface area contributed by atoms with Crippen LogP contribution >= 0.6 is 11.3 Å². The van der Waals surface area contributed by atoms with E-state index in [0.717, 1.165) is 37.1 Å². The van der Waals surface area contributed by atoms with Crippen LogP contribution in [-0.2, 0) is 0 Å². The smallest absolute Gasteiger partial charge is 0.196 e. The van der Waals surface area contributed by atoms with E-state index in [1.807, 2.05) is 12.1 Å². The predicted molar refractivity (Wildman–Crippen MR) is 80.2 cm³/mol. The highest BCUT2D eigenvalue weighted by Crippen LogP contribution is 2.48. The molecule has 0 saturated carbocycles. The quantitative estimate of drug-likeness (QED) is 0.834. The first-order valence-electron chi connectivity index (χ1n) is 7.18. The Morgan fingerprint density at radius 2 is 2.15 bits per heavy atom. The number of hydrogen-bond donors (Lipinski definition) is 0. The summed E-state index contributed by atoms with van der Waals surface area (Å²) in [6.07, 6.45) is 3.36. The second-order valence-corrected chi connectivity index (χ2v) is 6.55. The Bertz CT molecular complexity index is 524. The highest BCUT2D eigenvalue weighted by atomic mass is 32.1. The van der Waals surface area contributed by atoms with Crippen molar-refractivity contribution in [2.75, 3.05) is 44.8 Å². The molecule has 6 heteroatoms. The van der Waals surface area contributed by atoms with E-state index in [-0.39, 0.29) is 0 Å². The lowest BCUT2D eigenvalue weighted by Gasteiger charge is -2.44. The molecule has 0 amide bonds. The third-order valence-electron chi connectivity index (χ3n) is 4.33. The van der Waals surface area contributed by atoms with Crippen molar-refractivity contribution in [1.29, 1.82) is 0 Å². The van der Waals surface area contributed by atoms with Crippen molar-refractivity contribution in [2.45, 2.75) is 6.42 Å². The second kappa shape index (κ2) is 4.84. The van der Waals surface area contributed by atoms with E-state index in [4.69, 9.17) is 9.47 Å². The third-order valence-corrected chi connectivity index (χ3v) is 5.33. The molecule has 5 nitrogen and oxygen atoms in total. The van der Waals surface area contributed by atoms with Gasteiger partial charge >= 0.3 is 0 Å². The van der Waals surface area contributed by atoms with E-state index >= 15 is 0 Å². The zero-order chi connectivity index (χ0) is 13.5. The SMILES string of the molecule is CN1CCC(C2CN(c3scc4c3OCCO4)C2)C=N1. The van der Waals surface area contributed by atoms with Crippen LogP contribution in [0.25, 0.3) is 0 Å². The minimum absolute atomic E-state index is 0.635. The summed E-state index contributed by atoms with van der Waals surface area (Å²) in [5.74, 6) is 3.24. The van der Waals surface area contributed by atoms with Gasteiger partial charge in [-0.1, -0.05) is 0 Å². The molecule has 20 heavy (non-hydrogen) atoms. The molecule has 0 bridgehead atoms. The largest absolute Gasteiger partial charge is 0.485 e. The summed E-state index contributed by atoms with van der Waals surface area (Å²) in [5, 5.41) is 9.74. The minimum Gasteiger partial charge on any atom is -0.485 e. The molecule has 0 radical (unpaired) electrons. The highest BCUT2D eigenvalue weighted by Gasteiger charge is 2.36. The fourth-order valence-corrected chi connectivity index (χ4v) is 4.00. The Morgan fingerprint density at radius 3 is 2.95 bits per heavy atom. The molecule has 0 aromatic carbocycles. The Labute approximate surface area is 122 Å². The molecule has 3 aliphatic heterocycles. The second-order valence-electron chi connectivity index (χ2n) is 5.69. The maximum absolute atomic E-state index is 5.76. The van der Waals surface area contributed by atoms with E-state index in [2.05, 4.69) is 21.6 Å². The first-order chi connectivity index (χ1) is 9.81. The molecule has 1 unspecified atom stereocenters. The molecule has 1 aromatic heterocycles. The maximum Gasteiger partial charge on any atom is 0.196 e. The predicted octanol–water partition coefficient (Wildman–Crippen LogP) is 1.89. The van der Waals surface area contributed by atoms with Gasteiger partial charge in [0.15, 0.2) is 11.5 Å². The highest BCUT2D eigenvalue weighted by molar-refractivity contribution is 7.15. The van der Waals surface area contributed by atoms with Gasteiger partial charge in [0.05, 0.1) is 0 Å². The molecule has 1 fully saturated rings. The molecule has 0 spiro atoms.